The average Bonchev–Trinajstić information content (AvgIpc) is 2.91. The molecule has 0 radical (unpaired) electrons. The lowest BCUT2D eigenvalue weighted by atomic mass is 9.82. The molecule has 7 nitrogen and oxygen atoms in total. The van der Waals surface area contributed by atoms with Gasteiger partial charge < -0.3 is 19.9 Å². The Bertz CT molecular complexity index is 502. The van der Waals surface area contributed by atoms with Gasteiger partial charge in [-0.2, -0.15) is 0 Å². The van der Waals surface area contributed by atoms with Crippen LogP contribution in [-0.2, 0) is 11.3 Å². The number of hydrogen-bond acceptors (Lipinski definition) is 3. The summed E-state index contributed by atoms with van der Waals surface area (Å²) in [7, 11) is 0. The Morgan fingerprint density at radius 1 is 1.52 bits per heavy atom. The average molecular weight is 294 g/mol. The summed E-state index contributed by atoms with van der Waals surface area (Å²) in [6.07, 6.45) is 6.55. The lowest BCUT2D eigenvalue weighted by molar-refractivity contribution is -0.150. The minimum atomic E-state index is -0.844. The van der Waals surface area contributed by atoms with Crippen LogP contribution >= 0.6 is 0 Å². The van der Waals surface area contributed by atoms with Crippen molar-refractivity contribution in [3.05, 3.63) is 18.7 Å². The zero-order valence-electron chi connectivity index (χ0n) is 12.5. The molecule has 1 aromatic rings. The lowest BCUT2D eigenvalue weighted by Crippen LogP contribution is -2.53. The van der Waals surface area contributed by atoms with E-state index >= 15 is 0 Å². The minimum absolute atomic E-state index is 0.0512. The number of carbonyl (C=O) groups is 2. The molecule has 1 aliphatic heterocycles. The van der Waals surface area contributed by atoms with E-state index in [-0.39, 0.29) is 18.6 Å². The monoisotopic (exact) mass is 294 g/mol. The summed E-state index contributed by atoms with van der Waals surface area (Å²) in [5.41, 5.74) is -0.844. The van der Waals surface area contributed by atoms with Crippen molar-refractivity contribution in [2.75, 3.05) is 13.1 Å². The first-order chi connectivity index (χ1) is 9.90. The summed E-state index contributed by atoms with van der Waals surface area (Å²) in [6, 6.07) is -0.250. The van der Waals surface area contributed by atoms with Crippen LogP contribution in [0.2, 0.25) is 0 Å². The fraction of sp³-hybridized carbons (Fsp3) is 0.643. The summed E-state index contributed by atoms with van der Waals surface area (Å²) >= 11 is 0. The molecule has 0 spiro atoms. The molecule has 7 heteroatoms. The van der Waals surface area contributed by atoms with Gasteiger partial charge in [-0.15, -0.1) is 0 Å². The molecule has 0 aromatic carbocycles. The van der Waals surface area contributed by atoms with Crippen molar-refractivity contribution in [3.63, 3.8) is 0 Å². The molecule has 2 unspecified atom stereocenters. The number of aromatic nitrogens is 2. The third-order valence-electron chi connectivity index (χ3n) is 3.91. The van der Waals surface area contributed by atoms with Gasteiger partial charge in [-0.25, -0.2) is 9.78 Å². The molecule has 21 heavy (non-hydrogen) atoms. The Kier molecular flexibility index (Phi) is 4.50. The van der Waals surface area contributed by atoms with Gasteiger partial charge in [0.05, 0.1) is 11.7 Å². The highest BCUT2D eigenvalue weighted by Crippen LogP contribution is 2.29. The molecule has 1 aliphatic rings. The van der Waals surface area contributed by atoms with Crippen LogP contribution in [0.4, 0.5) is 4.79 Å². The van der Waals surface area contributed by atoms with Gasteiger partial charge in [-0.3, -0.25) is 4.79 Å². The predicted molar refractivity (Wildman–Crippen MR) is 76.8 cm³/mol. The van der Waals surface area contributed by atoms with Crippen molar-refractivity contribution in [1.82, 2.24) is 19.8 Å². The van der Waals surface area contributed by atoms with Gasteiger partial charge in [0.15, 0.2) is 0 Å². The van der Waals surface area contributed by atoms with Crippen LogP contribution < -0.4 is 5.32 Å². The Labute approximate surface area is 124 Å². The van der Waals surface area contributed by atoms with Crippen LogP contribution in [0.5, 0.6) is 0 Å². The molecular formula is C14H22N4O3. The van der Waals surface area contributed by atoms with E-state index in [1.807, 2.05) is 17.7 Å². The van der Waals surface area contributed by atoms with Crippen molar-refractivity contribution < 1.29 is 14.7 Å². The summed E-state index contributed by atoms with van der Waals surface area (Å²) in [5.74, 6) is -0.841. The summed E-state index contributed by atoms with van der Waals surface area (Å²) in [6.45, 7) is 5.11. The fourth-order valence-electron chi connectivity index (χ4n) is 2.65. The van der Waals surface area contributed by atoms with Gasteiger partial charge in [0, 0.05) is 38.1 Å². The molecule has 0 bridgehead atoms. The Hall–Kier alpha value is -2.05. The molecule has 1 saturated heterocycles. The molecule has 2 amide bonds. The van der Waals surface area contributed by atoms with Crippen molar-refractivity contribution in [3.8, 4) is 0 Å². The van der Waals surface area contributed by atoms with Crippen LogP contribution in [0.15, 0.2) is 18.7 Å². The van der Waals surface area contributed by atoms with Gasteiger partial charge in [0.1, 0.15) is 0 Å². The fourth-order valence-corrected chi connectivity index (χ4v) is 2.65. The third kappa shape index (κ3) is 3.74. The highest BCUT2D eigenvalue weighted by molar-refractivity contribution is 5.78. The second-order valence-corrected chi connectivity index (χ2v) is 6.00. The molecule has 1 aromatic heterocycles. The molecule has 2 atom stereocenters. The number of piperidine rings is 1. The number of rotatable bonds is 4. The lowest BCUT2D eigenvalue weighted by Gasteiger charge is -2.37. The number of likely N-dealkylation sites (tertiary alicyclic amines) is 1. The van der Waals surface area contributed by atoms with E-state index in [1.54, 1.807) is 24.3 Å². The van der Waals surface area contributed by atoms with Crippen LogP contribution in [-0.4, -0.2) is 50.7 Å². The Morgan fingerprint density at radius 3 is 2.90 bits per heavy atom. The molecular weight excluding hydrogens is 272 g/mol. The highest BCUT2D eigenvalue weighted by Gasteiger charge is 2.39. The number of imidazole rings is 1. The normalized spacial score (nSPS) is 23.6. The summed E-state index contributed by atoms with van der Waals surface area (Å²) < 4.78 is 1.89. The van der Waals surface area contributed by atoms with Gasteiger partial charge in [0.2, 0.25) is 0 Å². The molecule has 116 valence electrons. The zero-order chi connectivity index (χ0) is 15.5. The van der Waals surface area contributed by atoms with E-state index in [0.717, 1.165) is 0 Å². The number of carboxylic acid groups (broad SMARTS) is 1. The van der Waals surface area contributed by atoms with Crippen molar-refractivity contribution in [2.45, 2.75) is 39.3 Å². The number of hydrogen-bond donors (Lipinski definition) is 2. The number of nitrogens with one attached hydrogen (secondary N) is 1. The van der Waals surface area contributed by atoms with Crippen molar-refractivity contribution in [1.29, 1.82) is 0 Å². The summed E-state index contributed by atoms with van der Waals surface area (Å²) in [4.78, 5) is 29.1. The molecule has 0 saturated carbocycles. The number of urea groups is 1. The van der Waals surface area contributed by atoms with Crippen LogP contribution in [0, 0.1) is 5.41 Å². The SMILES string of the molecule is CC(Cn1ccnc1)NC(=O)N1CCCC(C)(C(=O)O)C1. The largest absolute Gasteiger partial charge is 0.481 e. The van der Waals surface area contributed by atoms with Crippen molar-refractivity contribution in [2.24, 2.45) is 5.41 Å². The molecule has 2 rings (SSSR count). The third-order valence-corrected chi connectivity index (χ3v) is 3.91. The Balaban J connectivity index is 1.89. The van der Waals surface area contributed by atoms with Crippen LogP contribution in [0.3, 0.4) is 0 Å². The second-order valence-electron chi connectivity index (χ2n) is 6.00. The number of carboxylic acids is 1. The van der Waals surface area contributed by atoms with E-state index in [2.05, 4.69) is 10.3 Å². The highest BCUT2D eigenvalue weighted by atomic mass is 16.4. The van der Waals surface area contributed by atoms with Crippen LogP contribution in [0.1, 0.15) is 26.7 Å². The smallest absolute Gasteiger partial charge is 0.317 e. The maximum absolute atomic E-state index is 12.2. The molecule has 2 N–H and O–H groups in total. The first-order valence-corrected chi connectivity index (χ1v) is 7.15. The topological polar surface area (TPSA) is 87.5 Å². The maximum Gasteiger partial charge on any atom is 0.317 e. The van der Waals surface area contributed by atoms with Gasteiger partial charge in [-0.1, -0.05) is 0 Å². The minimum Gasteiger partial charge on any atom is -0.481 e. The van der Waals surface area contributed by atoms with E-state index < -0.39 is 11.4 Å². The van der Waals surface area contributed by atoms with E-state index in [4.69, 9.17) is 0 Å². The van der Waals surface area contributed by atoms with E-state index in [0.29, 0.717) is 25.9 Å². The van der Waals surface area contributed by atoms with E-state index in [1.165, 1.54) is 0 Å². The van der Waals surface area contributed by atoms with E-state index in [9.17, 15) is 14.7 Å². The zero-order valence-corrected chi connectivity index (χ0v) is 12.5. The summed E-state index contributed by atoms with van der Waals surface area (Å²) in [5, 5.41) is 12.2. The van der Waals surface area contributed by atoms with Gasteiger partial charge in [0.25, 0.3) is 0 Å². The first kappa shape index (κ1) is 15.3. The van der Waals surface area contributed by atoms with Crippen LogP contribution in [0.25, 0.3) is 0 Å². The second kappa shape index (κ2) is 6.15. The predicted octanol–water partition coefficient (Wildman–Crippen LogP) is 1.17. The van der Waals surface area contributed by atoms with Crippen molar-refractivity contribution >= 4 is 12.0 Å². The molecule has 1 fully saturated rings. The molecule has 2 heterocycles. The number of carbonyl (C=O) groups excluding carboxylic acids is 1. The van der Waals surface area contributed by atoms with Gasteiger partial charge >= 0.3 is 12.0 Å². The number of aliphatic carboxylic acids is 1. The van der Waals surface area contributed by atoms with Gasteiger partial charge in [-0.05, 0) is 26.7 Å². The molecule has 0 aliphatic carbocycles. The quantitative estimate of drug-likeness (QED) is 0.872. The Morgan fingerprint density at radius 2 is 2.29 bits per heavy atom. The number of amides is 2. The maximum atomic E-state index is 12.2. The first-order valence-electron chi connectivity index (χ1n) is 7.15. The number of nitrogens with zero attached hydrogens (tertiary/aromatic N) is 3. The standard InChI is InChI=1S/C14H22N4O3/c1-11(8-17-7-5-15-10-17)16-13(21)18-6-3-4-14(2,9-18)12(19)20/h5,7,10-11H,3-4,6,8-9H2,1-2H3,(H,16,21)(H,19,20).